The summed E-state index contributed by atoms with van der Waals surface area (Å²) < 4.78 is 38.5. The Morgan fingerprint density at radius 1 is 1.32 bits per heavy atom. The molecule has 2 aromatic heterocycles. The second-order valence-electron chi connectivity index (χ2n) is 4.26. The van der Waals surface area contributed by atoms with Crippen LogP contribution in [0, 0.1) is 0 Å². The highest BCUT2D eigenvalue weighted by molar-refractivity contribution is 6.30. The molecule has 0 spiro atoms. The Morgan fingerprint density at radius 2 is 2.05 bits per heavy atom. The third-order valence-electron chi connectivity index (χ3n) is 2.63. The van der Waals surface area contributed by atoms with Crippen LogP contribution in [-0.2, 0) is 17.5 Å². The minimum Gasteiger partial charge on any atom is -0.309 e. The number of alkyl halides is 3. The molecule has 5 nitrogen and oxygen atoms in total. The monoisotopic (exact) mass is 331 g/mol. The summed E-state index contributed by atoms with van der Waals surface area (Å²) in [6.07, 6.45) is -2.37. The quantitative estimate of drug-likeness (QED) is 0.940. The summed E-state index contributed by atoms with van der Waals surface area (Å²) in [6.45, 7) is -0.562. The first-order valence-electron chi connectivity index (χ1n) is 5.95. The van der Waals surface area contributed by atoms with Crippen LogP contribution in [0.4, 0.5) is 19.0 Å². The number of anilines is 1. The summed E-state index contributed by atoms with van der Waals surface area (Å²) in [7, 11) is 0. The molecule has 9 heteroatoms. The van der Waals surface area contributed by atoms with E-state index < -0.39 is 29.8 Å². The highest BCUT2D eigenvalue weighted by atomic mass is 35.5. The fourth-order valence-corrected chi connectivity index (χ4v) is 1.78. The summed E-state index contributed by atoms with van der Waals surface area (Å²) >= 11 is 5.63. The van der Waals surface area contributed by atoms with Crippen LogP contribution in [0.5, 0.6) is 0 Å². The molecule has 2 aromatic rings. The molecule has 2 heterocycles. The van der Waals surface area contributed by atoms with E-state index in [0.717, 1.165) is 12.3 Å². The average molecular weight is 332 g/mol. The SMILES string of the molecule is O=C(Cn1cccc(C(F)(F)F)c1=O)Nc1ccc(Cl)cn1. The third kappa shape index (κ3) is 3.85. The van der Waals surface area contributed by atoms with E-state index in [4.69, 9.17) is 11.6 Å². The topological polar surface area (TPSA) is 64.0 Å². The minimum absolute atomic E-state index is 0.175. The van der Waals surface area contributed by atoms with Crippen molar-refractivity contribution in [1.29, 1.82) is 0 Å². The zero-order chi connectivity index (χ0) is 16.3. The number of halogens is 4. The molecule has 0 aliphatic carbocycles. The molecule has 2 rings (SSSR count). The van der Waals surface area contributed by atoms with Crippen molar-refractivity contribution in [2.45, 2.75) is 12.7 Å². The molecular formula is C13H9ClF3N3O2. The third-order valence-corrected chi connectivity index (χ3v) is 2.86. The Bertz CT molecular complexity index is 741. The molecule has 0 aliphatic rings. The van der Waals surface area contributed by atoms with Crippen molar-refractivity contribution in [3.8, 4) is 0 Å². The fraction of sp³-hybridized carbons (Fsp3) is 0.154. The van der Waals surface area contributed by atoms with Gasteiger partial charge < -0.3 is 9.88 Å². The maximum absolute atomic E-state index is 12.6. The number of carbonyl (C=O) groups is 1. The molecule has 0 saturated carbocycles. The van der Waals surface area contributed by atoms with Gasteiger partial charge in [-0.2, -0.15) is 13.2 Å². The van der Waals surface area contributed by atoms with Crippen LogP contribution in [0.1, 0.15) is 5.56 Å². The van der Waals surface area contributed by atoms with Gasteiger partial charge >= 0.3 is 6.18 Å². The van der Waals surface area contributed by atoms with Gasteiger partial charge in [-0.05, 0) is 24.3 Å². The lowest BCUT2D eigenvalue weighted by atomic mass is 10.2. The van der Waals surface area contributed by atoms with Gasteiger partial charge in [0.05, 0.1) is 5.02 Å². The predicted molar refractivity (Wildman–Crippen MR) is 73.6 cm³/mol. The first kappa shape index (κ1) is 16.0. The minimum atomic E-state index is -4.77. The number of carbonyl (C=O) groups excluding carboxylic acids is 1. The van der Waals surface area contributed by atoms with E-state index in [1.807, 2.05) is 0 Å². The Morgan fingerprint density at radius 3 is 2.64 bits per heavy atom. The molecule has 0 atom stereocenters. The van der Waals surface area contributed by atoms with E-state index in [1.54, 1.807) is 0 Å². The number of nitrogens with one attached hydrogen (secondary N) is 1. The Balaban J connectivity index is 2.15. The molecule has 22 heavy (non-hydrogen) atoms. The maximum atomic E-state index is 12.6. The molecule has 0 saturated heterocycles. The molecule has 0 aliphatic heterocycles. The van der Waals surface area contributed by atoms with Gasteiger partial charge in [-0.25, -0.2) is 4.98 Å². The largest absolute Gasteiger partial charge is 0.421 e. The van der Waals surface area contributed by atoms with Gasteiger partial charge in [-0.3, -0.25) is 9.59 Å². The molecule has 0 fully saturated rings. The van der Waals surface area contributed by atoms with Crippen molar-refractivity contribution < 1.29 is 18.0 Å². The van der Waals surface area contributed by atoms with E-state index in [1.165, 1.54) is 18.3 Å². The van der Waals surface area contributed by atoms with E-state index in [-0.39, 0.29) is 5.82 Å². The van der Waals surface area contributed by atoms with Gasteiger partial charge in [0.25, 0.3) is 5.56 Å². The van der Waals surface area contributed by atoms with Gasteiger partial charge in [0.15, 0.2) is 0 Å². The van der Waals surface area contributed by atoms with Gasteiger partial charge in [-0.1, -0.05) is 11.6 Å². The molecule has 0 unspecified atom stereocenters. The maximum Gasteiger partial charge on any atom is 0.421 e. The van der Waals surface area contributed by atoms with Crippen molar-refractivity contribution in [1.82, 2.24) is 9.55 Å². The Kier molecular flexibility index (Phi) is 4.51. The van der Waals surface area contributed by atoms with Gasteiger partial charge in [0, 0.05) is 12.4 Å². The number of hydrogen-bond acceptors (Lipinski definition) is 3. The van der Waals surface area contributed by atoms with Crippen molar-refractivity contribution in [2.75, 3.05) is 5.32 Å². The van der Waals surface area contributed by atoms with Crippen LogP contribution in [0.15, 0.2) is 41.5 Å². The van der Waals surface area contributed by atoms with E-state index in [2.05, 4.69) is 10.3 Å². The number of nitrogens with zero attached hydrogens (tertiary/aromatic N) is 2. The predicted octanol–water partition coefficient (Wildman–Crippen LogP) is 2.55. The zero-order valence-electron chi connectivity index (χ0n) is 10.9. The molecule has 1 amide bonds. The highest BCUT2D eigenvalue weighted by Gasteiger charge is 2.34. The molecular weight excluding hydrogens is 323 g/mol. The molecule has 116 valence electrons. The summed E-state index contributed by atoms with van der Waals surface area (Å²) in [6, 6.07) is 4.63. The molecule has 0 radical (unpaired) electrons. The summed E-state index contributed by atoms with van der Waals surface area (Å²) in [5.74, 6) is -0.509. The lowest BCUT2D eigenvalue weighted by Gasteiger charge is -2.10. The van der Waals surface area contributed by atoms with Crippen molar-refractivity contribution in [2.24, 2.45) is 0 Å². The number of aromatic nitrogens is 2. The van der Waals surface area contributed by atoms with Crippen molar-refractivity contribution in [3.05, 3.63) is 57.6 Å². The van der Waals surface area contributed by atoms with Crippen LogP contribution in [0.25, 0.3) is 0 Å². The Labute approximate surface area is 127 Å². The highest BCUT2D eigenvalue weighted by Crippen LogP contribution is 2.25. The molecule has 1 N–H and O–H groups in total. The standard InChI is InChI=1S/C13H9ClF3N3O2/c14-8-3-4-10(18-6-8)19-11(21)7-20-5-1-2-9(12(20)22)13(15,16)17/h1-6H,7H2,(H,18,19,21). The smallest absolute Gasteiger partial charge is 0.309 e. The van der Waals surface area contributed by atoms with Crippen molar-refractivity contribution >= 4 is 23.3 Å². The van der Waals surface area contributed by atoms with Crippen LogP contribution in [-0.4, -0.2) is 15.5 Å². The van der Waals surface area contributed by atoms with Crippen LogP contribution in [0.3, 0.4) is 0 Å². The molecule has 0 aromatic carbocycles. The van der Waals surface area contributed by atoms with Crippen molar-refractivity contribution in [3.63, 3.8) is 0 Å². The van der Waals surface area contributed by atoms with Gasteiger partial charge in [0.1, 0.15) is 17.9 Å². The van der Waals surface area contributed by atoms with Crippen LogP contribution >= 0.6 is 11.6 Å². The van der Waals surface area contributed by atoms with Crippen LogP contribution < -0.4 is 10.9 Å². The normalized spacial score (nSPS) is 11.3. The summed E-state index contributed by atoms with van der Waals surface area (Å²) in [4.78, 5) is 27.2. The zero-order valence-corrected chi connectivity index (χ0v) is 11.6. The number of hydrogen-bond donors (Lipinski definition) is 1. The summed E-state index contributed by atoms with van der Waals surface area (Å²) in [5.41, 5.74) is -2.61. The number of amides is 1. The second kappa shape index (κ2) is 6.18. The first-order chi connectivity index (χ1) is 10.3. The van der Waals surface area contributed by atoms with E-state index in [0.29, 0.717) is 15.7 Å². The van der Waals surface area contributed by atoms with E-state index in [9.17, 15) is 22.8 Å². The number of pyridine rings is 2. The lowest BCUT2D eigenvalue weighted by molar-refractivity contribution is -0.139. The van der Waals surface area contributed by atoms with Gasteiger partial charge in [0.2, 0.25) is 5.91 Å². The second-order valence-corrected chi connectivity index (χ2v) is 4.70. The number of rotatable bonds is 3. The van der Waals surface area contributed by atoms with E-state index >= 15 is 0 Å². The van der Waals surface area contributed by atoms with Crippen LogP contribution in [0.2, 0.25) is 5.02 Å². The Hall–Kier alpha value is -2.35. The first-order valence-corrected chi connectivity index (χ1v) is 6.33. The average Bonchev–Trinajstić information content (AvgIpc) is 2.42. The fourth-order valence-electron chi connectivity index (χ4n) is 1.66. The molecule has 0 bridgehead atoms. The summed E-state index contributed by atoms with van der Waals surface area (Å²) in [5, 5.41) is 2.72. The van der Waals surface area contributed by atoms with Gasteiger partial charge in [-0.15, -0.1) is 0 Å². The lowest BCUT2D eigenvalue weighted by Crippen LogP contribution is -2.32.